The molecule has 2 heterocycles. The summed E-state index contributed by atoms with van der Waals surface area (Å²) in [6, 6.07) is 13.1. The third-order valence-electron chi connectivity index (χ3n) is 3.48. The topological polar surface area (TPSA) is 61.2 Å². The molecule has 0 saturated carbocycles. The van der Waals surface area contributed by atoms with Gasteiger partial charge >= 0.3 is 5.97 Å². The Morgan fingerprint density at radius 3 is 2.62 bits per heavy atom. The molecule has 2 aromatic heterocycles. The van der Waals surface area contributed by atoms with Gasteiger partial charge in [-0.3, -0.25) is 9.36 Å². The summed E-state index contributed by atoms with van der Waals surface area (Å²) in [5, 5.41) is 0.458. The third kappa shape index (κ3) is 3.14. The van der Waals surface area contributed by atoms with Gasteiger partial charge in [-0.1, -0.05) is 41.7 Å². The number of ether oxygens (including phenoxy) is 1. The zero-order valence-electron chi connectivity index (χ0n) is 13.4. The zero-order valence-corrected chi connectivity index (χ0v) is 14.2. The van der Waals surface area contributed by atoms with E-state index < -0.39 is 5.97 Å². The number of hydrogen-bond donors (Lipinski definition) is 0. The number of aromatic nitrogens is 2. The lowest BCUT2D eigenvalue weighted by atomic mass is 10.1. The lowest BCUT2D eigenvalue weighted by molar-refractivity contribution is 0.0531. The van der Waals surface area contributed by atoms with E-state index in [1.54, 1.807) is 26.1 Å². The van der Waals surface area contributed by atoms with E-state index in [-0.39, 0.29) is 5.56 Å². The maximum atomic E-state index is 12.4. The lowest BCUT2D eigenvalue weighted by Gasteiger charge is -2.04. The van der Waals surface area contributed by atoms with Crippen LogP contribution >= 0.6 is 11.3 Å². The van der Waals surface area contributed by atoms with Gasteiger partial charge in [0.2, 0.25) is 0 Å². The standard InChI is InChI=1S/C18H16N2O3S/c1-3-23-17(22)16-12(2)19-18(24-16)20-10-9-14(11-15(20)21)13-7-5-4-6-8-13/h4-11H,3H2,1-2H3. The highest BCUT2D eigenvalue weighted by atomic mass is 32.1. The highest BCUT2D eigenvalue weighted by Crippen LogP contribution is 2.23. The van der Waals surface area contributed by atoms with E-state index >= 15 is 0 Å². The maximum absolute atomic E-state index is 12.4. The molecule has 3 rings (SSSR count). The van der Waals surface area contributed by atoms with Crippen LogP contribution in [0.5, 0.6) is 0 Å². The van der Waals surface area contributed by atoms with E-state index in [4.69, 9.17) is 4.74 Å². The van der Waals surface area contributed by atoms with Crippen molar-refractivity contribution in [3.63, 3.8) is 0 Å². The second-order valence-electron chi connectivity index (χ2n) is 5.12. The van der Waals surface area contributed by atoms with Crippen LogP contribution in [0, 0.1) is 6.92 Å². The summed E-state index contributed by atoms with van der Waals surface area (Å²) in [5.74, 6) is -0.410. The van der Waals surface area contributed by atoms with Crippen molar-refractivity contribution in [3.8, 4) is 16.3 Å². The van der Waals surface area contributed by atoms with Gasteiger partial charge < -0.3 is 4.74 Å². The number of nitrogens with zero attached hydrogens (tertiary/aromatic N) is 2. The molecule has 24 heavy (non-hydrogen) atoms. The van der Waals surface area contributed by atoms with Crippen molar-refractivity contribution in [3.05, 3.63) is 69.6 Å². The number of pyridine rings is 1. The van der Waals surface area contributed by atoms with Crippen molar-refractivity contribution in [1.29, 1.82) is 0 Å². The summed E-state index contributed by atoms with van der Waals surface area (Å²) in [6.45, 7) is 3.79. The molecular weight excluding hydrogens is 324 g/mol. The molecule has 0 aliphatic heterocycles. The monoisotopic (exact) mass is 340 g/mol. The van der Waals surface area contributed by atoms with Crippen LogP contribution in [0.4, 0.5) is 0 Å². The Kier molecular flexibility index (Phi) is 4.57. The molecule has 122 valence electrons. The van der Waals surface area contributed by atoms with E-state index in [0.717, 1.165) is 22.5 Å². The highest BCUT2D eigenvalue weighted by Gasteiger charge is 2.17. The van der Waals surface area contributed by atoms with E-state index in [9.17, 15) is 9.59 Å². The van der Waals surface area contributed by atoms with Crippen LogP contribution in [0.25, 0.3) is 16.3 Å². The van der Waals surface area contributed by atoms with E-state index in [2.05, 4.69) is 4.98 Å². The van der Waals surface area contributed by atoms with Gasteiger partial charge in [0.25, 0.3) is 5.56 Å². The first-order valence-corrected chi connectivity index (χ1v) is 8.35. The van der Waals surface area contributed by atoms with Crippen LogP contribution in [0.2, 0.25) is 0 Å². The fourth-order valence-electron chi connectivity index (χ4n) is 2.32. The number of rotatable bonds is 4. The Balaban J connectivity index is 1.98. The van der Waals surface area contributed by atoms with Gasteiger partial charge in [-0.2, -0.15) is 0 Å². The van der Waals surface area contributed by atoms with Crippen molar-refractivity contribution in [2.45, 2.75) is 13.8 Å². The van der Waals surface area contributed by atoms with Gasteiger partial charge in [-0.25, -0.2) is 9.78 Å². The number of aryl methyl sites for hydroxylation is 1. The van der Waals surface area contributed by atoms with Crippen molar-refractivity contribution >= 4 is 17.3 Å². The molecule has 0 aliphatic rings. The predicted molar refractivity (Wildman–Crippen MR) is 93.8 cm³/mol. The molecule has 0 fully saturated rings. The molecule has 0 atom stereocenters. The summed E-state index contributed by atoms with van der Waals surface area (Å²) < 4.78 is 6.45. The third-order valence-corrected chi connectivity index (χ3v) is 4.62. The highest BCUT2D eigenvalue weighted by molar-refractivity contribution is 7.16. The van der Waals surface area contributed by atoms with Crippen molar-refractivity contribution in [1.82, 2.24) is 9.55 Å². The minimum absolute atomic E-state index is 0.194. The van der Waals surface area contributed by atoms with Gasteiger partial charge in [-0.05, 0) is 31.0 Å². The van der Waals surface area contributed by atoms with Crippen LogP contribution in [-0.4, -0.2) is 22.1 Å². The molecule has 0 bridgehead atoms. The van der Waals surface area contributed by atoms with Crippen molar-refractivity contribution < 1.29 is 9.53 Å². The van der Waals surface area contributed by atoms with Gasteiger partial charge in [0.05, 0.1) is 12.3 Å². The molecule has 0 amide bonds. The average molecular weight is 340 g/mol. The average Bonchev–Trinajstić information content (AvgIpc) is 2.97. The fourth-order valence-corrected chi connectivity index (χ4v) is 3.27. The minimum atomic E-state index is -0.410. The molecule has 0 spiro atoms. The second kappa shape index (κ2) is 6.80. The second-order valence-corrected chi connectivity index (χ2v) is 6.10. The van der Waals surface area contributed by atoms with E-state index in [0.29, 0.717) is 22.3 Å². The normalized spacial score (nSPS) is 10.6. The lowest BCUT2D eigenvalue weighted by Crippen LogP contribution is -2.16. The first-order valence-electron chi connectivity index (χ1n) is 7.53. The molecule has 0 unspecified atom stereocenters. The largest absolute Gasteiger partial charge is 0.462 e. The van der Waals surface area contributed by atoms with Gasteiger partial charge in [-0.15, -0.1) is 0 Å². The van der Waals surface area contributed by atoms with Crippen LogP contribution < -0.4 is 5.56 Å². The molecule has 0 aliphatic carbocycles. The number of carbonyl (C=O) groups is 1. The minimum Gasteiger partial charge on any atom is -0.462 e. The van der Waals surface area contributed by atoms with Gasteiger partial charge in [0.1, 0.15) is 4.88 Å². The number of carbonyl (C=O) groups excluding carboxylic acids is 1. The SMILES string of the molecule is CCOC(=O)c1sc(-n2ccc(-c3ccccc3)cc2=O)nc1C. The molecule has 0 saturated heterocycles. The summed E-state index contributed by atoms with van der Waals surface area (Å²) in [6.07, 6.45) is 1.68. The molecule has 5 nitrogen and oxygen atoms in total. The molecule has 6 heteroatoms. The van der Waals surface area contributed by atoms with Crippen LogP contribution in [0.1, 0.15) is 22.3 Å². The maximum Gasteiger partial charge on any atom is 0.350 e. The summed E-state index contributed by atoms with van der Waals surface area (Å²) in [5.41, 5.74) is 2.19. The summed E-state index contributed by atoms with van der Waals surface area (Å²) in [4.78, 5) is 29.1. The smallest absolute Gasteiger partial charge is 0.350 e. The number of thiazole rings is 1. The van der Waals surface area contributed by atoms with Gasteiger partial charge in [0, 0.05) is 12.3 Å². The Morgan fingerprint density at radius 2 is 1.96 bits per heavy atom. The number of hydrogen-bond acceptors (Lipinski definition) is 5. The summed E-state index contributed by atoms with van der Waals surface area (Å²) in [7, 11) is 0. The molecule has 0 radical (unpaired) electrons. The van der Waals surface area contributed by atoms with Crippen molar-refractivity contribution in [2.24, 2.45) is 0 Å². The first kappa shape index (κ1) is 16.1. The van der Waals surface area contributed by atoms with Crippen molar-refractivity contribution in [2.75, 3.05) is 6.61 Å². The Labute approximate surface area is 143 Å². The Hall–Kier alpha value is -2.73. The Morgan fingerprint density at radius 1 is 1.21 bits per heavy atom. The zero-order chi connectivity index (χ0) is 17.1. The quantitative estimate of drug-likeness (QED) is 0.683. The van der Waals surface area contributed by atoms with Gasteiger partial charge in [0.15, 0.2) is 5.13 Å². The summed E-state index contributed by atoms with van der Waals surface area (Å²) >= 11 is 1.15. The number of esters is 1. The van der Waals surface area contributed by atoms with Crippen LogP contribution in [-0.2, 0) is 4.74 Å². The fraction of sp³-hybridized carbons (Fsp3) is 0.167. The Bertz CT molecular complexity index is 929. The first-order chi connectivity index (χ1) is 11.6. The molecule has 1 aromatic carbocycles. The van der Waals surface area contributed by atoms with E-state index in [1.807, 2.05) is 36.4 Å². The number of benzene rings is 1. The molecule has 3 aromatic rings. The van der Waals surface area contributed by atoms with Crippen LogP contribution in [0.15, 0.2) is 53.5 Å². The van der Waals surface area contributed by atoms with Crippen LogP contribution in [0.3, 0.4) is 0 Å². The molecule has 0 N–H and O–H groups in total. The van der Waals surface area contributed by atoms with E-state index in [1.165, 1.54) is 4.57 Å². The molecular formula is C18H16N2O3S. The predicted octanol–water partition coefficient (Wildman–Crippen LogP) is 3.45.